The fourth-order valence-corrected chi connectivity index (χ4v) is 1.93. The molecule has 0 saturated carbocycles. The van der Waals surface area contributed by atoms with E-state index in [-0.39, 0.29) is 11.3 Å². The average Bonchev–Trinajstić information content (AvgIpc) is 2.39. The monoisotopic (exact) mass is 316 g/mol. The zero-order chi connectivity index (χ0) is 13.8. The van der Waals surface area contributed by atoms with Crippen LogP contribution in [0.3, 0.4) is 0 Å². The van der Waals surface area contributed by atoms with Gasteiger partial charge in [-0.15, -0.1) is 0 Å². The van der Waals surface area contributed by atoms with Crippen molar-refractivity contribution in [3.63, 3.8) is 0 Å². The summed E-state index contributed by atoms with van der Waals surface area (Å²) in [7, 11) is 0. The number of aromatic hydroxyl groups is 1. The number of benzene rings is 2. The van der Waals surface area contributed by atoms with Crippen LogP contribution in [-0.4, -0.2) is 11.0 Å². The van der Waals surface area contributed by atoms with Gasteiger partial charge in [-0.05, 0) is 30.3 Å². The molecule has 0 atom stereocenters. The predicted molar refractivity (Wildman–Crippen MR) is 74.9 cm³/mol. The van der Waals surface area contributed by atoms with E-state index in [0.29, 0.717) is 15.7 Å². The van der Waals surface area contributed by atoms with Crippen molar-refractivity contribution in [1.29, 1.82) is 5.26 Å². The quantitative estimate of drug-likeness (QED) is 0.893. The zero-order valence-corrected chi connectivity index (χ0v) is 11.3. The number of phenols is 1. The Hall–Kier alpha value is -2.32. The van der Waals surface area contributed by atoms with Gasteiger partial charge in [-0.25, -0.2) is 0 Å². The molecule has 2 rings (SSSR count). The third kappa shape index (κ3) is 2.92. The lowest BCUT2D eigenvalue weighted by molar-refractivity contribution is 0.102. The summed E-state index contributed by atoms with van der Waals surface area (Å²) in [5, 5.41) is 21.2. The Balaban J connectivity index is 2.29. The van der Waals surface area contributed by atoms with E-state index in [9.17, 15) is 9.90 Å². The third-order valence-corrected chi connectivity index (χ3v) is 2.99. The molecule has 0 aliphatic rings. The lowest BCUT2D eigenvalue weighted by atomic mass is 10.1. The second kappa shape index (κ2) is 5.55. The number of carbonyl (C=O) groups is 1. The summed E-state index contributed by atoms with van der Waals surface area (Å²) >= 11 is 3.20. The highest BCUT2D eigenvalue weighted by Crippen LogP contribution is 2.24. The SMILES string of the molecule is N#Cc1ccccc1NC(=O)c1ccc(Br)cc1O. The Labute approximate surface area is 118 Å². The van der Waals surface area contributed by atoms with Crippen molar-refractivity contribution < 1.29 is 9.90 Å². The van der Waals surface area contributed by atoms with Crippen LogP contribution in [0, 0.1) is 11.3 Å². The van der Waals surface area contributed by atoms with Gasteiger partial charge >= 0.3 is 0 Å². The molecule has 0 aliphatic carbocycles. The molecule has 0 bridgehead atoms. The van der Waals surface area contributed by atoms with Gasteiger partial charge in [0, 0.05) is 4.47 Å². The number of nitrogens with one attached hydrogen (secondary N) is 1. The van der Waals surface area contributed by atoms with Gasteiger partial charge in [0.15, 0.2) is 0 Å². The minimum atomic E-state index is -0.465. The molecular formula is C14H9BrN2O2. The summed E-state index contributed by atoms with van der Waals surface area (Å²) < 4.78 is 0.680. The Bertz CT molecular complexity index is 677. The molecule has 2 N–H and O–H groups in total. The molecule has 2 aromatic rings. The van der Waals surface area contributed by atoms with Crippen molar-refractivity contribution in [1.82, 2.24) is 0 Å². The van der Waals surface area contributed by atoms with Crippen LogP contribution >= 0.6 is 15.9 Å². The number of nitrogens with zero attached hydrogens (tertiary/aromatic N) is 1. The maximum absolute atomic E-state index is 12.0. The van der Waals surface area contributed by atoms with Crippen LogP contribution in [0.5, 0.6) is 5.75 Å². The predicted octanol–water partition coefficient (Wildman–Crippen LogP) is 3.28. The minimum Gasteiger partial charge on any atom is -0.507 e. The number of nitriles is 1. The number of anilines is 1. The highest BCUT2D eigenvalue weighted by Gasteiger charge is 2.13. The van der Waals surface area contributed by atoms with Gasteiger partial charge in [0.25, 0.3) is 5.91 Å². The summed E-state index contributed by atoms with van der Waals surface area (Å²) in [6.07, 6.45) is 0. The Morgan fingerprint density at radius 3 is 2.68 bits per heavy atom. The number of hydrogen-bond acceptors (Lipinski definition) is 3. The number of amides is 1. The van der Waals surface area contributed by atoms with E-state index in [1.807, 2.05) is 6.07 Å². The number of carbonyl (C=O) groups excluding carboxylic acids is 1. The van der Waals surface area contributed by atoms with Crippen LogP contribution in [-0.2, 0) is 0 Å². The summed E-state index contributed by atoms with van der Waals surface area (Å²) in [4.78, 5) is 12.0. The highest BCUT2D eigenvalue weighted by atomic mass is 79.9. The van der Waals surface area contributed by atoms with Crippen LogP contribution in [0.1, 0.15) is 15.9 Å². The number of halogens is 1. The van der Waals surface area contributed by atoms with E-state index in [2.05, 4.69) is 21.2 Å². The van der Waals surface area contributed by atoms with Crippen molar-refractivity contribution in [3.05, 3.63) is 58.1 Å². The smallest absolute Gasteiger partial charge is 0.259 e. The number of hydrogen-bond donors (Lipinski definition) is 2. The summed E-state index contributed by atoms with van der Waals surface area (Å²) in [6.45, 7) is 0. The van der Waals surface area contributed by atoms with Crippen molar-refractivity contribution in [2.24, 2.45) is 0 Å². The van der Waals surface area contributed by atoms with E-state index in [0.717, 1.165) is 0 Å². The molecule has 0 radical (unpaired) electrons. The van der Waals surface area contributed by atoms with E-state index < -0.39 is 5.91 Å². The molecule has 0 aromatic heterocycles. The highest BCUT2D eigenvalue weighted by molar-refractivity contribution is 9.10. The number of para-hydroxylation sites is 1. The molecule has 94 valence electrons. The summed E-state index contributed by atoms with van der Waals surface area (Å²) in [6, 6.07) is 13.3. The number of phenolic OH excluding ortho intramolecular Hbond substituents is 1. The van der Waals surface area contributed by atoms with Crippen molar-refractivity contribution in [2.75, 3.05) is 5.32 Å². The molecule has 0 heterocycles. The second-order valence-corrected chi connectivity index (χ2v) is 4.69. The van der Waals surface area contributed by atoms with Crippen LogP contribution in [0.15, 0.2) is 46.9 Å². The van der Waals surface area contributed by atoms with Crippen molar-refractivity contribution in [3.8, 4) is 11.8 Å². The number of rotatable bonds is 2. The maximum atomic E-state index is 12.0. The van der Waals surface area contributed by atoms with Gasteiger partial charge < -0.3 is 10.4 Å². The average molecular weight is 317 g/mol. The van der Waals surface area contributed by atoms with Gasteiger partial charge in [0.05, 0.1) is 16.8 Å². The Morgan fingerprint density at radius 2 is 2.00 bits per heavy atom. The standard InChI is InChI=1S/C14H9BrN2O2/c15-10-5-6-11(13(18)7-10)14(19)17-12-4-2-1-3-9(12)8-16/h1-7,18H,(H,17,19). The van der Waals surface area contributed by atoms with Gasteiger partial charge in [0.1, 0.15) is 11.8 Å². The molecule has 2 aromatic carbocycles. The molecule has 19 heavy (non-hydrogen) atoms. The van der Waals surface area contributed by atoms with E-state index >= 15 is 0 Å². The van der Waals surface area contributed by atoms with E-state index in [1.54, 1.807) is 30.3 Å². The van der Waals surface area contributed by atoms with Crippen LogP contribution in [0.4, 0.5) is 5.69 Å². The summed E-state index contributed by atoms with van der Waals surface area (Å²) in [5.74, 6) is -0.589. The van der Waals surface area contributed by atoms with E-state index in [1.165, 1.54) is 12.1 Å². The lowest BCUT2D eigenvalue weighted by Gasteiger charge is -2.08. The van der Waals surface area contributed by atoms with Gasteiger partial charge in [-0.3, -0.25) is 4.79 Å². The first-order valence-electron chi connectivity index (χ1n) is 5.41. The maximum Gasteiger partial charge on any atom is 0.259 e. The first-order chi connectivity index (χ1) is 9.11. The topological polar surface area (TPSA) is 73.1 Å². The second-order valence-electron chi connectivity index (χ2n) is 3.77. The normalized spacial score (nSPS) is 9.68. The molecule has 0 unspecified atom stereocenters. The molecule has 5 heteroatoms. The fourth-order valence-electron chi connectivity index (χ4n) is 1.58. The molecule has 0 fully saturated rings. The van der Waals surface area contributed by atoms with Crippen LogP contribution in [0.25, 0.3) is 0 Å². The third-order valence-electron chi connectivity index (χ3n) is 2.50. The van der Waals surface area contributed by atoms with Crippen LogP contribution in [0.2, 0.25) is 0 Å². The van der Waals surface area contributed by atoms with E-state index in [4.69, 9.17) is 5.26 Å². The van der Waals surface area contributed by atoms with Crippen molar-refractivity contribution >= 4 is 27.5 Å². The fraction of sp³-hybridized carbons (Fsp3) is 0. The lowest BCUT2D eigenvalue weighted by Crippen LogP contribution is -2.13. The Kier molecular flexibility index (Phi) is 3.83. The minimum absolute atomic E-state index is 0.124. The molecule has 0 aliphatic heterocycles. The zero-order valence-electron chi connectivity index (χ0n) is 9.72. The molecule has 0 saturated heterocycles. The van der Waals surface area contributed by atoms with Crippen LogP contribution < -0.4 is 5.32 Å². The molecule has 0 spiro atoms. The molecule has 1 amide bonds. The summed E-state index contributed by atoms with van der Waals surface area (Å²) in [5.41, 5.74) is 0.931. The Morgan fingerprint density at radius 1 is 1.26 bits per heavy atom. The van der Waals surface area contributed by atoms with Crippen molar-refractivity contribution in [2.45, 2.75) is 0 Å². The van der Waals surface area contributed by atoms with Gasteiger partial charge in [-0.1, -0.05) is 28.1 Å². The van der Waals surface area contributed by atoms with Gasteiger partial charge in [-0.2, -0.15) is 5.26 Å². The van der Waals surface area contributed by atoms with Gasteiger partial charge in [0.2, 0.25) is 0 Å². The molecule has 4 nitrogen and oxygen atoms in total. The largest absolute Gasteiger partial charge is 0.507 e. The first-order valence-corrected chi connectivity index (χ1v) is 6.20. The molecular weight excluding hydrogens is 308 g/mol. The first kappa shape index (κ1) is 13.1.